The molecule has 4 nitrogen and oxygen atoms in total. The quantitative estimate of drug-likeness (QED) is 0.413. The van der Waals surface area contributed by atoms with E-state index in [4.69, 9.17) is 9.47 Å². The van der Waals surface area contributed by atoms with Crippen LogP contribution in [-0.4, -0.2) is 42.7 Å². The number of ether oxygens (including phenoxy) is 2. The lowest BCUT2D eigenvalue weighted by Gasteiger charge is -2.30. The van der Waals surface area contributed by atoms with Gasteiger partial charge in [0.1, 0.15) is 12.4 Å². The number of hydrogen-bond donors (Lipinski definition) is 0. The average molecular weight is 450 g/mol. The Morgan fingerprint density at radius 2 is 2.04 bits per heavy atom. The van der Waals surface area contributed by atoms with Crippen molar-refractivity contribution in [3.8, 4) is 5.75 Å². The van der Waals surface area contributed by atoms with Crippen LogP contribution in [0.1, 0.15) is 46.1 Å². The number of nitrogens with zero attached hydrogens (tertiary/aromatic N) is 1. The van der Waals surface area contributed by atoms with Gasteiger partial charge in [-0.15, -0.1) is 0 Å². The van der Waals surface area contributed by atoms with Crippen LogP contribution >= 0.6 is 15.9 Å². The molecule has 0 N–H and O–H groups in total. The molecule has 154 valence electrons. The number of allylic oxidation sites excluding steroid dienone is 1. The van der Waals surface area contributed by atoms with Gasteiger partial charge in [0.2, 0.25) is 0 Å². The molecule has 0 aromatic heterocycles. The van der Waals surface area contributed by atoms with Crippen molar-refractivity contribution in [1.82, 2.24) is 4.90 Å². The van der Waals surface area contributed by atoms with Crippen LogP contribution in [0.2, 0.25) is 0 Å². The van der Waals surface area contributed by atoms with E-state index in [0.29, 0.717) is 31.7 Å². The van der Waals surface area contributed by atoms with Crippen LogP contribution in [0, 0.1) is 11.3 Å². The molecule has 2 unspecified atom stereocenters. The first kappa shape index (κ1) is 21.4. The van der Waals surface area contributed by atoms with Crippen molar-refractivity contribution in [1.29, 1.82) is 0 Å². The normalized spacial score (nSPS) is 24.4. The maximum absolute atomic E-state index is 12.5. The molecular formula is C23H32BrNO3. The van der Waals surface area contributed by atoms with Crippen LogP contribution in [0.3, 0.4) is 0 Å². The maximum Gasteiger partial charge on any atom is 0.313 e. The Morgan fingerprint density at radius 3 is 2.68 bits per heavy atom. The number of cyclic esters (lactones) is 1. The predicted octanol–water partition coefficient (Wildman–Crippen LogP) is 5.00. The van der Waals surface area contributed by atoms with E-state index in [1.54, 1.807) is 0 Å². The minimum absolute atomic E-state index is 0.0601. The number of carbonyl (C=O) groups excluding carboxylic acids is 1. The van der Waals surface area contributed by atoms with Crippen LogP contribution in [-0.2, 0) is 16.0 Å². The number of benzene rings is 1. The van der Waals surface area contributed by atoms with Crippen molar-refractivity contribution in [3.05, 3.63) is 40.4 Å². The minimum Gasteiger partial charge on any atom is -0.491 e. The summed E-state index contributed by atoms with van der Waals surface area (Å²) in [5, 5.41) is 0. The van der Waals surface area contributed by atoms with Gasteiger partial charge >= 0.3 is 5.97 Å². The molecule has 1 aliphatic heterocycles. The first-order valence-corrected chi connectivity index (χ1v) is 11.0. The summed E-state index contributed by atoms with van der Waals surface area (Å²) in [5.74, 6) is 1.05. The Labute approximate surface area is 177 Å². The highest BCUT2D eigenvalue weighted by atomic mass is 79.9. The third-order valence-corrected chi connectivity index (χ3v) is 6.77. The zero-order valence-electron chi connectivity index (χ0n) is 17.5. The van der Waals surface area contributed by atoms with Gasteiger partial charge in [-0.2, -0.15) is 0 Å². The summed E-state index contributed by atoms with van der Waals surface area (Å²) in [6.45, 7) is 15.0. The average Bonchev–Trinajstić information content (AvgIpc) is 3.07. The molecule has 0 amide bonds. The summed E-state index contributed by atoms with van der Waals surface area (Å²) in [7, 11) is 0. The first-order valence-electron chi connectivity index (χ1n) is 10.2. The van der Waals surface area contributed by atoms with E-state index in [1.165, 1.54) is 5.57 Å². The zero-order valence-corrected chi connectivity index (χ0v) is 19.0. The number of halogens is 1. The van der Waals surface area contributed by atoms with Crippen molar-refractivity contribution in [3.63, 3.8) is 0 Å². The molecule has 1 saturated carbocycles. The Morgan fingerprint density at radius 1 is 1.32 bits per heavy atom. The van der Waals surface area contributed by atoms with Gasteiger partial charge in [0.25, 0.3) is 0 Å². The van der Waals surface area contributed by atoms with Gasteiger partial charge in [-0.1, -0.05) is 18.2 Å². The molecule has 0 radical (unpaired) electrons. The Kier molecular flexibility index (Phi) is 6.55. The molecule has 1 heterocycles. The summed E-state index contributed by atoms with van der Waals surface area (Å²) in [5.41, 5.74) is 1.87. The van der Waals surface area contributed by atoms with Crippen molar-refractivity contribution < 1.29 is 14.3 Å². The lowest BCUT2D eigenvalue weighted by atomic mass is 9.75. The molecule has 2 fully saturated rings. The number of hydrogen-bond acceptors (Lipinski definition) is 4. The van der Waals surface area contributed by atoms with E-state index in [0.717, 1.165) is 35.2 Å². The maximum atomic E-state index is 12.5. The van der Waals surface area contributed by atoms with Gasteiger partial charge in [-0.3, -0.25) is 9.69 Å². The van der Waals surface area contributed by atoms with Crippen LogP contribution in [0.25, 0.3) is 0 Å². The third-order valence-electron chi connectivity index (χ3n) is 6.15. The van der Waals surface area contributed by atoms with Crippen molar-refractivity contribution in [2.45, 2.75) is 59.0 Å². The Bertz CT molecular complexity index is 737. The summed E-state index contributed by atoms with van der Waals surface area (Å²) < 4.78 is 12.3. The Balaban J connectivity index is 1.64. The topological polar surface area (TPSA) is 38.8 Å². The first-order chi connectivity index (χ1) is 13.2. The molecule has 2 aliphatic rings. The second kappa shape index (κ2) is 8.58. The Hall–Kier alpha value is -1.33. The molecule has 1 aromatic rings. The van der Waals surface area contributed by atoms with E-state index >= 15 is 0 Å². The van der Waals surface area contributed by atoms with Crippen LogP contribution in [0.5, 0.6) is 5.75 Å². The largest absolute Gasteiger partial charge is 0.491 e. The number of rotatable bonds is 8. The monoisotopic (exact) mass is 449 g/mol. The van der Waals surface area contributed by atoms with Gasteiger partial charge in [0.05, 0.1) is 16.5 Å². The second-order valence-corrected chi connectivity index (χ2v) is 9.65. The second-order valence-electron chi connectivity index (χ2n) is 8.80. The molecule has 1 aliphatic carbocycles. The molecule has 0 bridgehead atoms. The lowest BCUT2D eigenvalue weighted by Crippen LogP contribution is -2.39. The highest BCUT2D eigenvalue weighted by Crippen LogP contribution is 2.52. The van der Waals surface area contributed by atoms with Gasteiger partial charge < -0.3 is 9.47 Å². The van der Waals surface area contributed by atoms with E-state index in [9.17, 15) is 4.79 Å². The molecule has 5 heteroatoms. The molecule has 0 spiro atoms. The van der Waals surface area contributed by atoms with Crippen molar-refractivity contribution >= 4 is 21.9 Å². The summed E-state index contributed by atoms with van der Waals surface area (Å²) in [6.07, 6.45) is 2.34. The smallest absolute Gasteiger partial charge is 0.313 e. The fraction of sp³-hybridized carbons (Fsp3) is 0.609. The number of esters is 1. The van der Waals surface area contributed by atoms with E-state index in [2.05, 4.69) is 67.2 Å². The molecule has 2 atom stereocenters. The van der Waals surface area contributed by atoms with Crippen LogP contribution in [0.4, 0.5) is 0 Å². The fourth-order valence-corrected chi connectivity index (χ4v) is 5.31. The van der Waals surface area contributed by atoms with Crippen molar-refractivity contribution in [2.24, 2.45) is 11.3 Å². The van der Waals surface area contributed by atoms with E-state index < -0.39 is 5.41 Å². The fourth-order valence-electron chi connectivity index (χ4n) is 4.77. The van der Waals surface area contributed by atoms with E-state index in [-0.39, 0.29) is 11.9 Å². The standard InChI is InChI=1S/C23H32BrNO3/c1-15(2)25(16(3)4)8-9-27-21-7-6-18(11-20(21)24)13-23-12-17(5)10-19(23)14-28-22(23)26/h6-7,11,15-16,19H,5,8-10,12-14H2,1-4H3. The zero-order chi connectivity index (χ0) is 20.5. The SMILES string of the molecule is C=C1CC2COC(=O)C2(Cc2ccc(OCCN(C(C)C)C(C)C)c(Br)c2)C1. The van der Waals surface area contributed by atoms with Crippen LogP contribution in [0.15, 0.2) is 34.8 Å². The summed E-state index contributed by atoms with van der Waals surface area (Å²) in [6, 6.07) is 7.14. The van der Waals surface area contributed by atoms with Gasteiger partial charge in [-0.05, 0) is 80.6 Å². The number of carbonyl (C=O) groups is 1. The summed E-state index contributed by atoms with van der Waals surface area (Å²) in [4.78, 5) is 14.9. The van der Waals surface area contributed by atoms with Gasteiger partial charge in [0, 0.05) is 24.5 Å². The van der Waals surface area contributed by atoms with Gasteiger partial charge in [0.15, 0.2) is 0 Å². The molecule has 3 rings (SSSR count). The predicted molar refractivity (Wildman–Crippen MR) is 116 cm³/mol. The lowest BCUT2D eigenvalue weighted by molar-refractivity contribution is -0.146. The molecular weight excluding hydrogens is 418 g/mol. The van der Waals surface area contributed by atoms with Crippen LogP contribution < -0.4 is 4.74 Å². The molecule has 28 heavy (non-hydrogen) atoms. The molecule has 1 saturated heterocycles. The number of fused-ring (bicyclic) bond motifs is 1. The minimum atomic E-state index is -0.423. The van der Waals surface area contributed by atoms with Gasteiger partial charge in [-0.25, -0.2) is 0 Å². The van der Waals surface area contributed by atoms with Crippen molar-refractivity contribution in [2.75, 3.05) is 19.8 Å². The molecule has 1 aromatic carbocycles. The highest BCUT2D eigenvalue weighted by molar-refractivity contribution is 9.10. The summed E-state index contributed by atoms with van der Waals surface area (Å²) >= 11 is 3.65. The third kappa shape index (κ3) is 4.30. The van der Waals surface area contributed by atoms with E-state index in [1.807, 2.05) is 6.07 Å². The highest BCUT2D eigenvalue weighted by Gasteiger charge is 2.55.